The number of hydrogen-bond donors (Lipinski definition) is 2. The number of ether oxygens (including phenoxy) is 1. The second-order valence-electron chi connectivity index (χ2n) is 7.59. The summed E-state index contributed by atoms with van der Waals surface area (Å²) in [6.45, 7) is 6.80. The van der Waals surface area contributed by atoms with Gasteiger partial charge >= 0.3 is 0 Å². The predicted molar refractivity (Wildman–Crippen MR) is 115 cm³/mol. The molecule has 8 heteroatoms. The van der Waals surface area contributed by atoms with Crippen LogP contribution in [0, 0.1) is 13.8 Å². The van der Waals surface area contributed by atoms with Crippen molar-refractivity contribution >= 4 is 17.5 Å². The van der Waals surface area contributed by atoms with Gasteiger partial charge in [-0.15, -0.1) is 0 Å². The van der Waals surface area contributed by atoms with Crippen LogP contribution in [0.3, 0.4) is 0 Å². The molecule has 3 aromatic rings. The lowest BCUT2D eigenvalue weighted by atomic mass is 10.0. The predicted octanol–water partition coefficient (Wildman–Crippen LogP) is 3.76. The van der Waals surface area contributed by atoms with Crippen molar-refractivity contribution in [1.29, 1.82) is 0 Å². The molecule has 0 saturated heterocycles. The molecule has 31 heavy (non-hydrogen) atoms. The number of nitrogens with zero attached hydrogens (tertiary/aromatic N) is 2. The van der Waals surface area contributed by atoms with Crippen molar-refractivity contribution in [2.45, 2.75) is 46.4 Å². The number of benzene rings is 1. The molecular weight excluding hydrogens is 396 g/mol. The zero-order valence-corrected chi connectivity index (χ0v) is 17.9. The van der Waals surface area contributed by atoms with Gasteiger partial charge in [-0.25, -0.2) is 0 Å². The number of amides is 2. The molecule has 0 radical (unpaired) electrons. The second kappa shape index (κ2) is 8.77. The lowest BCUT2D eigenvalue weighted by Gasteiger charge is -2.21. The molecule has 1 unspecified atom stereocenters. The zero-order valence-electron chi connectivity index (χ0n) is 17.9. The maximum absolute atomic E-state index is 13.2. The first-order valence-electron chi connectivity index (χ1n) is 10.4. The highest BCUT2D eigenvalue weighted by Gasteiger charge is 2.28. The fourth-order valence-corrected chi connectivity index (χ4v) is 3.89. The van der Waals surface area contributed by atoms with Gasteiger partial charge < -0.3 is 24.5 Å². The number of rotatable bonds is 6. The van der Waals surface area contributed by atoms with Crippen LogP contribution in [0.1, 0.15) is 62.9 Å². The molecular formula is C23H26N4O4. The summed E-state index contributed by atoms with van der Waals surface area (Å²) in [4.78, 5) is 26.2. The van der Waals surface area contributed by atoms with Crippen LogP contribution in [-0.2, 0) is 17.9 Å². The molecule has 0 aliphatic carbocycles. The van der Waals surface area contributed by atoms with Crippen molar-refractivity contribution in [2.24, 2.45) is 0 Å². The molecule has 4 rings (SSSR count). The van der Waals surface area contributed by atoms with Crippen molar-refractivity contribution in [1.82, 2.24) is 15.0 Å². The maximum atomic E-state index is 13.2. The lowest BCUT2D eigenvalue weighted by Crippen LogP contribution is -2.31. The highest BCUT2D eigenvalue weighted by Crippen LogP contribution is 2.25. The third-order valence-electron chi connectivity index (χ3n) is 5.57. The van der Waals surface area contributed by atoms with Gasteiger partial charge in [-0.05, 0) is 31.9 Å². The minimum atomic E-state index is -0.321. The molecule has 162 valence electrons. The Balaban J connectivity index is 1.62. The van der Waals surface area contributed by atoms with Crippen LogP contribution < -0.4 is 10.6 Å². The van der Waals surface area contributed by atoms with E-state index in [1.54, 1.807) is 19.9 Å². The smallest absolute Gasteiger partial charge is 0.268 e. The van der Waals surface area contributed by atoms with Crippen LogP contribution in [0.25, 0.3) is 0 Å². The number of nitrogens with one attached hydrogen (secondary N) is 2. The second-order valence-corrected chi connectivity index (χ2v) is 7.59. The SMILES string of the molecule is CCC(NC(=O)c1cc(C(=O)Nc2c(C)noc2C)c2n1CCOC2)c1ccccc1. The van der Waals surface area contributed by atoms with Gasteiger partial charge in [-0.1, -0.05) is 42.4 Å². The Hall–Kier alpha value is -3.39. The van der Waals surface area contributed by atoms with Gasteiger partial charge in [0.05, 0.1) is 30.5 Å². The van der Waals surface area contributed by atoms with E-state index in [0.29, 0.717) is 47.2 Å². The van der Waals surface area contributed by atoms with E-state index < -0.39 is 0 Å². The molecule has 2 aromatic heterocycles. The molecule has 1 atom stereocenters. The third-order valence-corrected chi connectivity index (χ3v) is 5.57. The Kier molecular flexibility index (Phi) is 5.90. The topological polar surface area (TPSA) is 98.4 Å². The minimum Gasteiger partial charge on any atom is -0.373 e. The standard InChI is InChI=1S/C23H26N4O4/c1-4-18(16-8-6-5-7-9-16)24-23(29)19-12-17(20-13-30-11-10-27(19)20)22(28)25-21-14(2)26-31-15(21)3/h5-9,12,18H,4,10-11,13H2,1-3H3,(H,24,29)(H,25,28). The summed E-state index contributed by atoms with van der Waals surface area (Å²) >= 11 is 0. The molecule has 8 nitrogen and oxygen atoms in total. The normalized spacial score (nSPS) is 14.0. The summed E-state index contributed by atoms with van der Waals surface area (Å²) in [5.74, 6) is -0.00478. The lowest BCUT2D eigenvalue weighted by molar-refractivity contribution is 0.0783. The van der Waals surface area contributed by atoms with Crippen LogP contribution in [-0.4, -0.2) is 28.1 Å². The Bertz CT molecular complexity index is 1080. The molecule has 0 bridgehead atoms. The first-order chi connectivity index (χ1) is 15.0. The Morgan fingerprint density at radius 3 is 2.65 bits per heavy atom. The average Bonchev–Trinajstić information content (AvgIpc) is 3.33. The van der Waals surface area contributed by atoms with Crippen molar-refractivity contribution in [3.8, 4) is 0 Å². The Morgan fingerprint density at radius 1 is 1.19 bits per heavy atom. The number of aryl methyl sites for hydroxylation is 2. The largest absolute Gasteiger partial charge is 0.373 e. The summed E-state index contributed by atoms with van der Waals surface area (Å²) in [5.41, 5.74) is 3.75. The number of fused-ring (bicyclic) bond motifs is 1. The molecule has 2 N–H and O–H groups in total. The van der Waals surface area contributed by atoms with Gasteiger partial charge in [-0.3, -0.25) is 9.59 Å². The molecule has 3 heterocycles. The van der Waals surface area contributed by atoms with Gasteiger partial charge in [0.2, 0.25) is 0 Å². The van der Waals surface area contributed by atoms with E-state index in [4.69, 9.17) is 9.26 Å². The number of carbonyl (C=O) groups is 2. The zero-order chi connectivity index (χ0) is 22.0. The first-order valence-corrected chi connectivity index (χ1v) is 10.4. The van der Waals surface area contributed by atoms with Crippen molar-refractivity contribution in [2.75, 3.05) is 11.9 Å². The monoisotopic (exact) mass is 422 g/mol. The van der Waals surface area contributed by atoms with Crippen molar-refractivity contribution in [3.05, 3.63) is 70.4 Å². The molecule has 0 saturated carbocycles. The van der Waals surface area contributed by atoms with E-state index >= 15 is 0 Å². The van der Waals surface area contributed by atoms with Gasteiger partial charge in [0.15, 0.2) is 5.76 Å². The van der Waals surface area contributed by atoms with E-state index in [1.807, 2.05) is 41.8 Å². The van der Waals surface area contributed by atoms with Crippen molar-refractivity contribution in [3.63, 3.8) is 0 Å². The van der Waals surface area contributed by atoms with Crippen LogP contribution in [0.5, 0.6) is 0 Å². The van der Waals surface area contributed by atoms with E-state index in [9.17, 15) is 9.59 Å². The highest BCUT2D eigenvalue weighted by atomic mass is 16.5. The van der Waals surface area contributed by atoms with Gasteiger partial charge in [0, 0.05) is 6.54 Å². The number of anilines is 1. The fourth-order valence-electron chi connectivity index (χ4n) is 3.89. The molecule has 2 amide bonds. The fraction of sp³-hybridized carbons (Fsp3) is 0.348. The highest BCUT2D eigenvalue weighted by molar-refractivity contribution is 6.07. The summed E-state index contributed by atoms with van der Waals surface area (Å²) in [6.07, 6.45) is 0.756. The van der Waals surface area contributed by atoms with Crippen LogP contribution in [0.4, 0.5) is 5.69 Å². The Morgan fingerprint density at radius 2 is 1.97 bits per heavy atom. The van der Waals surface area contributed by atoms with E-state index in [0.717, 1.165) is 12.0 Å². The van der Waals surface area contributed by atoms with E-state index in [2.05, 4.69) is 15.8 Å². The van der Waals surface area contributed by atoms with E-state index in [-0.39, 0.29) is 24.5 Å². The van der Waals surface area contributed by atoms with Crippen molar-refractivity contribution < 1.29 is 18.8 Å². The summed E-state index contributed by atoms with van der Waals surface area (Å²) in [5, 5.41) is 9.84. The summed E-state index contributed by atoms with van der Waals surface area (Å²) < 4.78 is 12.6. The number of carbonyl (C=O) groups excluding carboxylic acids is 2. The van der Waals surface area contributed by atoms with Crippen LogP contribution in [0.15, 0.2) is 40.9 Å². The quantitative estimate of drug-likeness (QED) is 0.630. The summed E-state index contributed by atoms with van der Waals surface area (Å²) in [7, 11) is 0. The Labute approximate surface area is 180 Å². The molecule has 1 aliphatic heterocycles. The van der Waals surface area contributed by atoms with Crippen LogP contribution >= 0.6 is 0 Å². The summed E-state index contributed by atoms with van der Waals surface area (Å²) in [6, 6.07) is 11.4. The van der Waals surface area contributed by atoms with Gasteiger partial charge in [0.25, 0.3) is 11.8 Å². The van der Waals surface area contributed by atoms with E-state index in [1.165, 1.54) is 0 Å². The molecule has 0 fully saturated rings. The van der Waals surface area contributed by atoms with Crippen LogP contribution in [0.2, 0.25) is 0 Å². The third kappa shape index (κ3) is 4.11. The average molecular weight is 422 g/mol. The first kappa shape index (κ1) is 20.9. The minimum absolute atomic E-state index is 0.112. The molecule has 0 spiro atoms. The van der Waals surface area contributed by atoms with Gasteiger partial charge in [0.1, 0.15) is 17.1 Å². The number of hydrogen-bond acceptors (Lipinski definition) is 5. The number of aromatic nitrogens is 2. The molecule has 1 aliphatic rings. The molecule has 1 aromatic carbocycles. The maximum Gasteiger partial charge on any atom is 0.268 e. The van der Waals surface area contributed by atoms with Gasteiger partial charge in [-0.2, -0.15) is 0 Å².